The number of ether oxygens (including phenoxy) is 1. The molecule has 0 aliphatic carbocycles. The van der Waals surface area contributed by atoms with Gasteiger partial charge in [-0.05, 0) is 62.5 Å². The largest absolute Gasteiger partial charge is 0.497 e. The molecule has 0 unspecified atom stereocenters. The molecule has 0 saturated carbocycles. The summed E-state index contributed by atoms with van der Waals surface area (Å²) in [5, 5.41) is 34.5. The van der Waals surface area contributed by atoms with Crippen LogP contribution in [-0.2, 0) is 11.4 Å². The summed E-state index contributed by atoms with van der Waals surface area (Å²) >= 11 is 0. The number of aliphatic carboxylic acids is 1. The number of anilines is 1. The fourth-order valence-corrected chi connectivity index (χ4v) is 5.26. The van der Waals surface area contributed by atoms with E-state index in [-0.39, 0.29) is 26.0 Å². The minimum atomic E-state index is -1.04. The molecule has 11 heteroatoms. The Labute approximate surface area is 224 Å². The molecule has 1 aliphatic heterocycles. The molecule has 0 bridgehead atoms. The molecule has 4 N–H and O–H groups in total. The lowest BCUT2D eigenvalue weighted by molar-refractivity contribution is -0.153. The van der Waals surface area contributed by atoms with Crippen LogP contribution in [0.15, 0.2) is 36.5 Å². The standard InChI is InChI=1S/C28H32F3N3O5/c1-39-19-2-3-23-20(14-19)25(17(16-35)15-33-23)24(36)4-5-28(27(37)38)6-9-34(10-7-28)11-8-32-26-21(30)12-18(29)13-22(26)31/h2-3,12-15,24,32,35-36H,4-11,16H2,1H3,(H,37,38)/t24-/m1/s1. The number of hydrogen-bond donors (Lipinski definition) is 4. The summed E-state index contributed by atoms with van der Waals surface area (Å²) in [5.41, 5.74) is 0.151. The number of carboxylic acid groups (broad SMARTS) is 1. The first-order chi connectivity index (χ1) is 18.7. The van der Waals surface area contributed by atoms with Crippen molar-refractivity contribution in [3.05, 3.63) is 65.1 Å². The van der Waals surface area contributed by atoms with Crippen LogP contribution in [0.25, 0.3) is 10.9 Å². The van der Waals surface area contributed by atoms with Crippen LogP contribution >= 0.6 is 0 Å². The van der Waals surface area contributed by atoms with E-state index in [2.05, 4.69) is 10.3 Å². The topological polar surface area (TPSA) is 115 Å². The number of rotatable bonds is 11. The molecule has 0 spiro atoms. The number of aliphatic hydroxyl groups excluding tert-OH is 2. The van der Waals surface area contributed by atoms with Gasteiger partial charge in [0.15, 0.2) is 11.6 Å². The minimum Gasteiger partial charge on any atom is -0.497 e. The molecule has 0 radical (unpaired) electrons. The average Bonchev–Trinajstić information content (AvgIpc) is 2.92. The molecule has 1 aliphatic rings. The van der Waals surface area contributed by atoms with E-state index in [1.165, 1.54) is 13.3 Å². The molecule has 39 heavy (non-hydrogen) atoms. The molecule has 210 valence electrons. The van der Waals surface area contributed by atoms with E-state index in [1.807, 2.05) is 4.90 Å². The Morgan fingerprint density at radius 2 is 1.87 bits per heavy atom. The van der Waals surface area contributed by atoms with Crippen molar-refractivity contribution >= 4 is 22.6 Å². The third-order valence-electron chi connectivity index (χ3n) is 7.60. The number of piperidine rings is 1. The van der Waals surface area contributed by atoms with Crippen LogP contribution in [-0.4, -0.2) is 64.5 Å². The van der Waals surface area contributed by atoms with Gasteiger partial charge in [0.05, 0.1) is 30.8 Å². The van der Waals surface area contributed by atoms with Gasteiger partial charge in [-0.2, -0.15) is 0 Å². The third-order valence-corrected chi connectivity index (χ3v) is 7.60. The summed E-state index contributed by atoms with van der Waals surface area (Å²) < 4.78 is 46.1. The number of carbonyl (C=O) groups is 1. The maximum absolute atomic E-state index is 13.8. The summed E-state index contributed by atoms with van der Waals surface area (Å²) in [4.78, 5) is 18.7. The summed E-state index contributed by atoms with van der Waals surface area (Å²) in [7, 11) is 1.53. The molecular formula is C28H32F3N3O5. The van der Waals surface area contributed by atoms with Gasteiger partial charge >= 0.3 is 5.97 Å². The van der Waals surface area contributed by atoms with Gasteiger partial charge in [-0.15, -0.1) is 0 Å². The normalized spacial score (nSPS) is 16.3. The number of hydrogen-bond acceptors (Lipinski definition) is 7. The van der Waals surface area contributed by atoms with Crippen LogP contribution in [0, 0.1) is 22.9 Å². The number of pyridine rings is 1. The molecule has 1 fully saturated rings. The van der Waals surface area contributed by atoms with Crippen LogP contribution in [0.1, 0.15) is 42.9 Å². The Hall–Kier alpha value is -3.41. The highest BCUT2D eigenvalue weighted by molar-refractivity contribution is 5.85. The second-order valence-electron chi connectivity index (χ2n) is 9.89. The Kier molecular flexibility index (Phi) is 8.94. The molecule has 1 atom stereocenters. The number of methoxy groups -OCH3 is 1. The van der Waals surface area contributed by atoms with Crippen LogP contribution in [0.5, 0.6) is 5.75 Å². The van der Waals surface area contributed by atoms with E-state index in [1.54, 1.807) is 18.2 Å². The van der Waals surface area contributed by atoms with Gasteiger partial charge in [-0.3, -0.25) is 9.78 Å². The zero-order chi connectivity index (χ0) is 28.2. The number of aliphatic hydroxyl groups is 2. The Morgan fingerprint density at radius 1 is 1.18 bits per heavy atom. The van der Waals surface area contributed by atoms with E-state index >= 15 is 0 Å². The smallest absolute Gasteiger partial charge is 0.309 e. The lowest BCUT2D eigenvalue weighted by atomic mass is 9.74. The number of nitrogens with one attached hydrogen (secondary N) is 1. The summed E-state index contributed by atoms with van der Waals surface area (Å²) in [6, 6.07) is 6.46. The quantitative estimate of drug-likeness (QED) is 0.282. The van der Waals surface area contributed by atoms with Crippen molar-refractivity contribution in [2.24, 2.45) is 5.41 Å². The van der Waals surface area contributed by atoms with Crippen molar-refractivity contribution in [1.29, 1.82) is 0 Å². The first kappa shape index (κ1) is 28.6. The SMILES string of the molecule is COc1ccc2ncc(CO)c([C@H](O)CCC3(C(=O)O)CCN(CCNc4c(F)cc(F)cc4F)CC3)c2c1. The summed E-state index contributed by atoms with van der Waals surface area (Å²) in [6.07, 6.45) is 1.55. The van der Waals surface area contributed by atoms with Crippen molar-refractivity contribution in [1.82, 2.24) is 9.88 Å². The van der Waals surface area contributed by atoms with Crippen molar-refractivity contribution in [2.45, 2.75) is 38.4 Å². The molecule has 4 rings (SSSR count). The highest BCUT2D eigenvalue weighted by atomic mass is 19.1. The van der Waals surface area contributed by atoms with Crippen LogP contribution in [0.4, 0.5) is 18.9 Å². The first-order valence-electron chi connectivity index (χ1n) is 12.8. The van der Waals surface area contributed by atoms with Gasteiger partial charge in [-0.25, -0.2) is 13.2 Å². The highest BCUT2D eigenvalue weighted by Gasteiger charge is 2.41. The fourth-order valence-electron chi connectivity index (χ4n) is 5.26. The summed E-state index contributed by atoms with van der Waals surface area (Å²) in [6.45, 7) is 1.19. The highest BCUT2D eigenvalue weighted by Crippen LogP contribution is 2.40. The maximum Gasteiger partial charge on any atom is 0.309 e. The number of fused-ring (bicyclic) bond motifs is 1. The Morgan fingerprint density at radius 3 is 2.49 bits per heavy atom. The predicted octanol–water partition coefficient (Wildman–Crippen LogP) is 4.25. The third kappa shape index (κ3) is 6.26. The number of halogens is 3. The van der Waals surface area contributed by atoms with E-state index in [0.717, 1.165) is 0 Å². The molecule has 1 saturated heterocycles. The Bertz CT molecular complexity index is 1300. The van der Waals surface area contributed by atoms with E-state index in [4.69, 9.17) is 4.74 Å². The molecule has 0 amide bonds. The molecule has 1 aromatic heterocycles. The second-order valence-corrected chi connectivity index (χ2v) is 9.89. The number of nitrogens with zero attached hydrogens (tertiary/aromatic N) is 2. The molecule has 3 aromatic rings. The number of aromatic nitrogens is 1. The molecule has 8 nitrogen and oxygen atoms in total. The van der Waals surface area contributed by atoms with Gasteiger partial charge in [0.2, 0.25) is 0 Å². The molecular weight excluding hydrogens is 515 g/mol. The predicted molar refractivity (Wildman–Crippen MR) is 139 cm³/mol. The molecule has 2 aromatic carbocycles. The van der Waals surface area contributed by atoms with Crippen molar-refractivity contribution < 1.29 is 38.0 Å². The van der Waals surface area contributed by atoms with Gasteiger partial charge in [0, 0.05) is 42.4 Å². The second kappa shape index (κ2) is 12.2. The van der Waals surface area contributed by atoms with Gasteiger partial charge in [0.25, 0.3) is 0 Å². The number of carboxylic acids is 1. The van der Waals surface area contributed by atoms with E-state index in [9.17, 15) is 33.3 Å². The number of likely N-dealkylation sites (tertiary alicyclic amines) is 1. The van der Waals surface area contributed by atoms with E-state index < -0.39 is 40.6 Å². The monoisotopic (exact) mass is 547 g/mol. The minimum absolute atomic E-state index is 0.167. The van der Waals surface area contributed by atoms with Crippen LogP contribution in [0.3, 0.4) is 0 Å². The first-order valence-corrected chi connectivity index (χ1v) is 12.8. The van der Waals surface area contributed by atoms with E-state index in [0.29, 0.717) is 72.4 Å². The van der Waals surface area contributed by atoms with Crippen molar-refractivity contribution in [2.75, 3.05) is 38.6 Å². The zero-order valence-electron chi connectivity index (χ0n) is 21.6. The maximum atomic E-state index is 13.8. The average molecular weight is 548 g/mol. The Balaban J connectivity index is 1.39. The van der Waals surface area contributed by atoms with Crippen molar-refractivity contribution in [3.63, 3.8) is 0 Å². The summed E-state index contributed by atoms with van der Waals surface area (Å²) in [5.74, 6) is -3.39. The fraction of sp³-hybridized carbons (Fsp3) is 0.429. The van der Waals surface area contributed by atoms with Crippen molar-refractivity contribution in [3.8, 4) is 5.75 Å². The van der Waals surface area contributed by atoms with Crippen LogP contribution < -0.4 is 10.1 Å². The number of benzene rings is 2. The lowest BCUT2D eigenvalue weighted by Gasteiger charge is -2.39. The van der Waals surface area contributed by atoms with Crippen LogP contribution in [0.2, 0.25) is 0 Å². The molecule has 2 heterocycles. The lowest BCUT2D eigenvalue weighted by Crippen LogP contribution is -2.45. The van der Waals surface area contributed by atoms with Gasteiger partial charge in [-0.1, -0.05) is 0 Å². The van der Waals surface area contributed by atoms with Gasteiger partial charge in [0.1, 0.15) is 17.3 Å². The zero-order valence-corrected chi connectivity index (χ0v) is 21.6. The van der Waals surface area contributed by atoms with Gasteiger partial charge < -0.3 is 30.3 Å².